The van der Waals surface area contributed by atoms with Gasteiger partial charge < -0.3 is 15.4 Å². The topological polar surface area (TPSA) is 70.7 Å². The van der Waals surface area contributed by atoms with Crippen LogP contribution in [-0.2, 0) is 9.53 Å². The molecule has 0 radical (unpaired) electrons. The van der Waals surface area contributed by atoms with E-state index in [1.165, 1.54) is 0 Å². The van der Waals surface area contributed by atoms with E-state index < -0.39 is 11.7 Å². The first kappa shape index (κ1) is 17.8. The van der Waals surface area contributed by atoms with Crippen LogP contribution in [-0.4, -0.2) is 54.7 Å². The fourth-order valence-corrected chi connectivity index (χ4v) is 2.46. The van der Waals surface area contributed by atoms with E-state index in [4.69, 9.17) is 4.74 Å². The molecule has 2 unspecified atom stereocenters. The van der Waals surface area contributed by atoms with E-state index in [0.29, 0.717) is 13.1 Å². The number of nitrogens with zero attached hydrogens (tertiary/aromatic N) is 1. The summed E-state index contributed by atoms with van der Waals surface area (Å²) in [5.74, 6) is 0.369. The van der Waals surface area contributed by atoms with E-state index in [1.807, 2.05) is 27.7 Å². The number of carbonyl (C=O) groups excluding carboxylic acids is 2. The second-order valence-corrected chi connectivity index (χ2v) is 6.70. The van der Waals surface area contributed by atoms with Crippen LogP contribution in [0.15, 0.2) is 0 Å². The molecule has 2 N–H and O–H groups in total. The summed E-state index contributed by atoms with van der Waals surface area (Å²) >= 11 is 0. The second-order valence-electron chi connectivity index (χ2n) is 6.70. The number of piperazine rings is 1. The maximum Gasteiger partial charge on any atom is 0.407 e. The maximum absolute atomic E-state index is 11.8. The molecule has 0 aromatic carbocycles. The molecule has 6 nitrogen and oxygen atoms in total. The van der Waals surface area contributed by atoms with Crippen molar-refractivity contribution >= 4 is 12.0 Å². The lowest BCUT2D eigenvalue weighted by atomic mass is 10.1. The minimum atomic E-state index is -0.481. The van der Waals surface area contributed by atoms with Gasteiger partial charge in [0.1, 0.15) is 5.60 Å². The van der Waals surface area contributed by atoms with Gasteiger partial charge >= 0.3 is 6.09 Å². The quantitative estimate of drug-likeness (QED) is 0.804. The van der Waals surface area contributed by atoms with E-state index in [1.54, 1.807) is 0 Å². The first-order chi connectivity index (χ1) is 9.73. The van der Waals surface area contributed by atoms with Gasteiger partial charge in [0.2, 0.25) is 5.91 Å². The average Bonchev–Trinajstić information content (AvgIpc) is 2.35. The molecule has 1 heterocycles. The summed E-state index contributed by atoms with van der Waals surface area (Å²) in [5.41, 5.74) is -0.481. The molecule has 2 atom stereocenters. The Labute approximate surface area is 127 Å². The normalized spacial score (nSPS) is 21.6. The molecule has 0 saturated carbocycles. The van der Waals surface area contributed by atoms with Crippen molar-refractivity contribution in [2.75, 3.05) is 26.2 Å². The predicted molar refractivity (Wildman–Crippen MR) is 82.1 cm³/mol. The minimum Gasteiger partial charge on any atom is -0.444 e. The van der Waals surface area contributed by atoms with Gasteiger partial charge in [0.15, 0.2) is 0 Å². The summed E-state index contributed by atoms with van der Waals surface area (Å²) in [6.07, 6.45) is 0.413. The van der Waals surface area contributed by atoms with Crippen molar-refractivity contribution in [2.45, 2.75) is 52.7 Å². The Kier molecular flexibility index (Phi) is 6.45. The number of ether oxygens (including phenoxy) is 1. The highest BCUT2D eigenvalue weighted by Crippen LogP contribution is 2.11. The third-order valence-electron chi connectivity index (χ3n) is 3.37. The molecule has 6 heteroatoms. The molecule has 1 saturated heterocycles. The van der Waals surface area contributed by atoms with Crippen LogP contribution in [0, 0.1) is 5.92 Å². The molecule has 0 aliphatic carbocycles. The van der Waals surface area contributed by atoms with Gasteiger partial charge in [0.05, 0.1) is 6.04 Å². The van der Waals surface area contributed by atoms with Crippen molar-refractivity contribution in [1.82, 2.24) is 15.5 Å². The minimum absolute atomic E-state index is 0.0530. The van der Waals surface area contributed by atoms with Crippen molar-refractivity contribution in [3.63, 3.8) is 0 Å². The maximum atomic E-state index is 11.8. The lowest BCUT2D eigenvalue weighted by Crippen LogP contribution is -2.56. The first-order valence-electron chi connectivity index (χ1n) is 7.71. The zero-order valence-electron chi connectivity index (χ0n) is 13.9. The van der Waals surface area contributed by atoms with Gasteiger partial charge in [-0.15, -0.1) is 0 Å². The number of carbonyl (C=O) groups is 2. The predicted octanol–water partition coefficient (Wildman–Crippen LogP) is 1.36. The van der Waals surface area contributed by atoms with E-state index in [0.717, 1.165) is 19.5 Å². The van der Waals surface area contributed by atoms with Crippen LogP contribution in [0.4, 0.5) is 4.79 Å². The number of hydrogen-bond acceptors (Lipinski definition) is 4. The summed E-state index contributed by atoms with van der Waals surface area (Å²) < 4.78 is 5.21. The Balaban J connectivity index is 2.37. The van der Waals surface area contributed by atoms with Crippen molar-refractivity contribution in [2.24, 2.45) is 5.92 Å². The van der Waals surface area contributed by atoms with Gasteiger partial charge in [-0.05, 0) is 33.1 Å². The Morgan fingerprint density at radius 1 is 1.52 bits per heavy atom. The molecule has 21 heavy (non-hydrogen) atoms. The molecule has 1 aliphatic heterocycles. The van der Waals surface area contributed by atoms with Crippen molar-refractivity contribution in [3.8, 4) is 0 Å². The molecule has 1 aliphatic rings. The van der Waals surface area contributed by atoms with Gasteiger partial charge in [0, 0.05) is 26.2 Å². The van der Waals surface area contributed by atoms with E-state index >= 15 is 0 Å². The van der Waals surface area contributed by atoms with Crippen LogP contribution >= 0.6 is 0 Å². The van der Waals surface area contributed by atoms with Crippen LogP contribution < -0.4 is 10.6 Å². The van der Waals surface area contributed by atoms with Crippen LogP contribution in [0.25, 0.3) is 0 Å². The molecule has 0 aromatic rings. The van der Waals surface area contributed by atoms with E-state index in [9.17, 15) is 9.59 Å². The number of hydrogen-bond donors (Lipinski definition) is 2. The lowest BCUT2D eigenvalue weighted by molar-refractivity contribution is -0.129. The van der Waals surface area contributed by atoms with Crippen molar-refractivity contribution < 1.29 is 14.3 Å². The number of rotatable bonds is 5. The fourth-order valence-electron chi connectivity index (χ4n) is 2.46. The molecule has 0 aromatic heterocycles. The first-order valence-corrected chi connectivity index (χ1v) is 7.71. The zero-order valence-corrected chi connectivity index (χ0v) is 13.9. The van der Waals surface area contributed by atoms with Crippen molar-refractivity contribution in [1.29, 1.82) is 0 Å². The van der Waals surface area contributed by atoms with E-state index in [2.05, 4.69) is 22.5 Å². The highest BCUT2D eigenvalue weighted by atomic mass is 16.6. The summed E-state index contributed by atoms with van der Waals surface area (Å²) in [4.78, 5) is 25.6. The van der Waals surface area contributed by atoms with Crippen LogP contribution in [0.2, 0.25) is 0 Å². The standard InChI is InChI=1S/C15H29N3O3/c1-6-12-13(19)16-7-8-18(12)10-11(2)9-17-14(20)21-15(3,4)5/h11-12H,6-10H2,1-5H3,(H,16,19)(H,17,20). The molecule has 1 rings (SSSR count). The SMILES string of the molecule is CCC1C(=O)NCCN1CC(C)CNC(=O)OC(C)(C)C. The third kappa shape index (κ3) is 6.33. The number of nitrogens with one attached hydrogen (secondary N) is 2. The smallest absolute Gasteiger partial charge is 0.407 e. The Bertz CT molecular complexity index is 366. The second kappa shape index (κ2) is 7.64. The Hall–Kier alpha value is -1.30. The molecule has 2 amide bonds. The lowest BCUT2D eigenvalue weighted by Gasteiger charge is -2.36. The van der Waals surface area contributed by atoms with E-state index in [-0.39, 0.29) is 17.9 Å². The summed E-state index contributed by atoms with van der Waals surface area (Å²) in [7, 11) is 0. The van der Waals surface area contributed by atoms with Gasteiger partial charge in [-0.25, -0.2) is 4.79 Å². The molecule has 1 fully saturated rings. The van der Waals surface area contributed by atoms with Gasteiger partial charge in [0.25, 0.3) is 0 Å². The largest absolute Gasteiger partial charge is 0.444 e. The molecule has 122 valence electrons. The van der Waals surface area contributed by atoms with Gasteiger partial charge in [-0.2, -0.15) is 0 Å². The van der Waals surface area contributed by atoms with Crippen LogP contribution in [0.3, 0.4) is 0 Å². The highest BCUT2D eigenvalue weighted by molar-refractivity contribution is 5.82. The molecule has 0 bridgehead atoms. The third-order valence-corrected chi connectivity index (χ3v) is 3.37. The summed E-state index contributed by atoms with van der Waals surface area (Å²) in [6.45, 7) is 12.5. The van der Waals surface area contributed by atoms with Gasteiger partial charge in [-0.1, -0.05) is 13.8 Å². The van der Waals surface area contributed by atoms with Crippen LogP contribution in [0.1, 0.15) is 41.0 Å². The monoisotopic (exact) mass is 299 g/mol. The average molecular weight is 299 g/mol. The zero-order chi connectivity index (χ0) is 16.0. The molecule has 0 spiro atoms. The Morgan fingerprint density at radius 2 is 2.19 bits per heavy atom. The van der Waals surface area contributed by atoms with Crippen LogP contribution in [0.5, 0.6) is 0 Å². The van der Waals surface area contributed by atoms with Crippen molar-refractivity contribution in [3.05, 3.63) is 0 Å². The summed E-state index contributed by atoms with van der Waals surface area (Å²) in [6, 6.07) is -0.0530. The number of amides is 2. The fraction of sp³-hybridized carbons (Fsp3) is 0.867. The highest BCUT2D eigenvalue weighted by Gasteiger charge is 2.28. The van der Waals surface area contributed by atoms with Gasteiger partial charge in [-0.3, -0.25) is 9.69 Å². The number of alkyl carbamates (subject to hydrolysis) is 1. The molecular weight excluding hydrogens is 270 g/mol. The Morgan fingerprint density at radius 3 is 2.76 bits per heavy atom. The molecular formula is C15H29N3O3. The summed E-state index contributed by atoms with van der Waals surface area (Å²) in [5, 5.41) is 5.68.